The van der Waals surface area contributed by atoms with Gasteiger partial charge in [-0.3, -0.25) is 4.72 Å². The van der Waals surface area contributed by atoms with Crippen LogP contribution in [-0.2, 0) is 24.8 Å². The van der Waals surface area contributed by atoms with Gasteiger partial charge < -0.3 is 4.74 Å². The molecule has 0 aliphatic rings. The second kappa shape index (κ2) is 7.90. The van der Waals surface area contributed by atoms with Crippen molar-refractivity contribution in [2.75, 3.05) is 25.9 Å². The Bertz CT molecular complexity index is 1120. The lowest BCUT2D eigenvalue weighted by atomic mass is 10.1. The van der Waals surface area contributed by atoms with Gasteiger partial charge in [-0.05, 0) is 49.2 Å². The minimum atomic E-state index is -4.08. The summed E-state index contributed by atoms with van der Waals surface area (Å²) in [5.74, 6) is -0.660. The number of nitrogens with zero attached hydrogens (tertiary/aromatic N) is 1. The Morgan fingerprint density at radius 1 is 0.964 bits per heavy atom. The largest absolute Gasteiger partial charge is 0.465 e. The molecule has 0 saturated heterocycles. The van der Waals surface area contributed by atoms with E-state index in [9.17, 15) is 21.6 Å². The quantitative estimate of drug-likeness (QED) is 0.709. The van der Waals surface area contributed by atoms with E-state index in [2.05, 4.69) is 9.46 Å². The lowest BCUT2D eigenvalue weighted by Gasteiger charge is -2.16. The van der Waals surface area contributed by atoms with Crippen molar-refractivity contribution >= 4 is 31.7 Å². The van der Waals surface area contributed by atoms with Gasteiger partial charge in [-0.1, -0.05) is 12.1 Å². The molecule has 0 unspecified atom stereocenters. The highest BCUT2D eigenvalue weighted by Crippen LogP contribution is 2.26. The van der Waals surface area contributed by atoms with Crippen molar-refractivity contribution in [1.29, 1.82) is 0 Å². The molecule has 0 saturated carbocycles. The Morgan fingerprint density at radius 2 is 1.57 bits per heavy atom. The topological polar surface area (TPSA) is 110 Å². The average Bonchev–Trinajstić information content (AvgIpc) is 2.62. The molecule has 1 N–H and O–H groups in total. The number of carbonyl (C=O) groups is 1. The summed E-state index contributed by atoms with van der Waals surface area (Å²) in [7, 11) is -3.83. The third-order valence-corrected chi connectivity index (χ3v) is 7.45. The van der Waals surface area contributed by atoms with Crippen molar-refractivity contribution < 1.29 is 26.4 Å². The molecule has 8 nitrogen and oxygen atoms in total. The lowest BCUT2D eigenvalue weighted by Crippen LogP contribution is -2.22. The molecule has 152 valence electrons. The number of aryl methyl sites for hydroxylation is 2. The second-order valence-electron chi connectivity index (χ2n) is 6.34. The first-order valence-electron chi connectivity index (χ1n) is 8.15. The second-order valence-corrected chi connectivity index (χ2v) is 10.1. The molecule has 0 aliphatic carbocycles. The number of sulfonamides is 2. The highest BCUT2D eigenvalue weighted by Gasteiger charge is 2.23. The zero-order valence-corrected chi connectivity index (χ0v) is 17.8. The summed E-state index contributed by atoms with van der Waals surface area (Å²) < 4.78 is 58.6. The lowest BCUT2D eigenvalue weighted by molar-refractivity contribution is 0.0600. The van der Waals surface area contributed by atoms with Crippen LogP contribution in [0.3, 0.4) is 0 Å². The molecule has 0 fully saturated rings. The standard InChI is InChI=1S/C18H22N2O6S2/c1-12-7-9-15(28(24,25)20(3)4)11-16(12)19-27(22,23)17-10-14(18(21)26-5)8-6-13(17)2/h6-11,19H,1-5H3. The number of rotatable bonds is 6. The molecule has 2 aromatic rings. The Kier molecular flexibility index (Phi) is 6.17. The first kappa shape index (κ1) is 21.9. The van der Waals surface area contributed by atoms with Crippen LogP contribution in [0.1, 0.15) is 21.5 Å². The van der Waals surface area contributed by atoms with Gasteiger partial charge >= 0.3 is 5.97 Å². The van der Waals surface area contributed by atoms with Crippen molar-refractivity contribution in [2.24, 2.45) is 0 Å². The summed E-state index contributed by atoms with van der Waals surface area (Å²) in [6, 6.07) is 8.38. The van der Waals surface area contributed by atoms with Crippen LogP contribution in [0.2, 0.25) is 0 Å². The maximum absolute atomic E-state index is 12.9. The number of esters is 1. The monoisotopic (exact) mass is 426 g/mol. The Balaban J connectivity index is 2.52. The number of methoxy groups -OCH3 is 1. The van der Waals surface area contributed by atoms with Crippen LogP contribution in [0.5, 0.6) is 0 Å². The third kappa shape index (κ3) is 4.34. The van der Waals surface area contributed by atoms with Crippen LogP contribution >= 0.6 is 0 Å². The summed E-state index contributed by atoms with van der Waals surface area (Å²) in [4.78, 5) is 11.6. The highest BCUT2D eigenvalue weighted by atomic mass is 32.2. The van der Waals surface area contributed by atoms with Crippen LogP contribution in [-0.4, -0.2) is 48.3 Å². The molecule has 0 bridgehead atoms. The fraction of sp³-hybridized carbons (Fsp3) is 0.278. The van der Waals surface area contributed by atoms with Crippen LogP contribution in [0, 0.1) is 13.8 Å². The number of ether oxygens (including phenoxy) is 1. The van der Waals surface area contributed by atoms with Crippen molar-refractivity contribution in [2.45, 2.75) is 23.6 Å². The van der Waals surface area contributed by atoms with E-state index in [0.717, 1.165) is 4.31 Å². The van der Waals surface area contributed by atoms with E-state index in [1.54, 1.807) is 13.8 Å². The minimum absolute atomic E-state index is 0.0409. The summed E-state index contributed by atoms with van der Waals surface area (Å²) >= 11 is 0. The van der Waals surface area contributed by atoms with Gasteiger partial charge in [-0.2, -0.15) is 0 Å². The fourth-order valence-corrected chi connectivity index (χ4v) is 4.74. The van der Waals surface area contributed by atoms with Gasteiger partial charge in [0.15, 0.2) is 0 Å². The van der Waals surface area contributed by atoms with E-state index in [0.29, 0.717) is 11.1 Å². The van der Waals surface area contributed by atoms with Crippen molar-refractivity contribution in [1.82, 2.24) is 4.31 Å². The van der Waals surface area contributed by atoms with Gasteiger partial charge in [0.05, 0.1) is 28.2 Å². The number of carbonyl (C=O) groups excluding carboxylic acids is 1. The predicted molar refractivity (Wildman–Crippen MR) is 105 cm³/mol. The van der Waals surface area contributed by atoms with E-state index in [1.807, 2.05) is 0 Å². The van der Waals surface area contributed by atoms with E-state index in [4.69, 9.17) is 0 Å². The molecule has 0 heterocycles. The molecular formula is C18H22N2O6S2. The maximum atomic E-state index is 12.9. The molecule has 0 aromatic heterocycles. The maximum Gasteiger partial charge on any atom is 0.337 e. The molecule has 28 heavy (non-hydrogen) atoms. The average molecular weight is 427 g/mol. The Morgan fingerprint density at radius 3 is 2.14 bits per heavy atom. The van der Waals surface area contributed by atoms with Crippen molar-refractivity contribution in [3.63, 3.8) is 0 Å². The summed E-state index contributed by atoms with van der Waals surface area (Å²) in [6.07, 6.45) is 0. The van der Waals surface area contributed by atoms with E-state index < -0.39 is 26.0 Å². The van der Waals surface area contributed by atoms with E-state index >= 15 is 0 Å². The van der Waals surface area contributed by atoms with Gasteiger partial charge in [0.2, 0.25) is 10.0 Å². The van der Waals surface area contributed by atoms with Gasteiger partial charge in [0.25, 0.3) is 10.0 Å². The van der Waals surface area contributed by atoms with Crippen LogP contribution in [0.15, 0.2) is 46.2 Å². The normalized spacial score (nSPS) is 12.1. The summed E-state index contributed by atoms with van der Waals surface area (Å²) in [5, 5.41) is 0. The van der Waals surface area contributed by atoms with Gasteiger partial charge in [-0.25, -0.2) is 25.9 Å². The summed E-state index contributed by atoms with van der Waals surface area (Å²) in [6.45, 7) is 3.25. The number of hydrogen-bond donors (Lipinski definition) is 1. The Labute approximate surface area is 165 Å². The number of nitrogens with one attached hydrogen (secondary N) is 1. The minimum Gasteiger partial charge on any atom is -0.465 e. The first-order chi connectivity index (χ1) is 12.9. The number of hydrogen-bond acceptors (Lipinski definition) is 6. The van der Waals surface area contributed by atoms with E-state index in [-0.39, 0.29) is 21.0 Å². The molecule has 2 rings (SSSR count). The number of anilines is 1. The molecular weight excluding hydrogens is 404 g/mol. The first-order valence-corrected chi connectivity index (χ1v) is 11.1. The smallest absolute Gasteiger partial charge is 0.337 e. The highest BCUT2D eigenvalue weighted by molar-refractivity contribution is 7.92. The molecule has 2 aromatic carbocycles. The van der Waals surface area contributed by atoms with Gasteiger partial charge in [-0.15, -0.1) is 0 Å². The van der Waals surface area contributed by atoms with Crippen LogP contribution in [0.25, 0.3) is 0 Å². The molecule has 0 aliphatic heterocycles. The molecule has 10 heteroatoms. The fourth-order valence-electron chi connectivity index (χ4n) is 2.42. The zero-order chi connectivity index (χ0) is 21.3. The SMILES string of the molecule is COC(=O)c1ccc(C)c(S(=O)(=O)Nc2cc(S(=O)(=O)N(C)C)ccc2C)c1. The molecule has 0 spiro atoms. The number of benzene rings is 2. The van der Waals surface area contributed by atoms with Crippen LogP contribution in [0.4, 0.5) is 5.69 Å². The molecule has 0 atom stereocenters. The van der Waals surface area contributed by atoms with Crippen LogP contribution < -0.4 is 4.72 Å². The van der Waals surface area contributed by atoms with Crippen molar-refractivity contribution in [3.05, 3.63) is 53.1 Å². The molecule has 0 radical (unpaired) electrons. The Hall–Kier alpha value is -2.43. The summed E-state index contributed by atoms with van der Waals surface area (Å²) in [5.41, 5.74) is 1.19. The zero-order valence-electron chi connectivity index (χ0n) is 16.2. The third-order valence-electron chi connectivity index (χ3n) is 4.13. The van der Waals surface area contributed by atoms with Gasteiger partial charge in [0.1, 0.15) is 0 Å². The van der Waals surface area contributed by atoms with Crippen molar-refractivity contribution in [3.8, 4) is 0 Å². The molecule has 0 amide bonds. The predicted octanol–water partition coefficient (Wildman–Crippen LogP) is 2.14. The van der Waals surface area contributed by atoms with Gasteiger partial charge in [0, 0.05) is 14.1 Å². The van der Waals surface area contributed by atoms with E-state index in [1.165, 1.54) is 57.6 Å².